The van der Waals surface area contributed by atoms with Crippen molar-refractivity contribution in [2.75, 3.05) is 18.8 Å². The molecule has 0 saturated heterocycles. The van der Waals surface area contributed by atoms with Crippen molar-refractivity contribution in [3.63, 3.8) is 0 Å². The lowest BCUT2D eigenvalue weighted by Crippen LogP contribution is -2.31. The molecule has 2 amide bonds. The van der Waals surface area contributed by atoms with Crippen molar-refractivity contribution in [3.05, 3.63) is 11.9 Å². The average Bonchev–Trinajstić information content (AvgIpc) is 2.77. The number of nitrogen functional groups attached to an aromatic ring is 1. The van der Waals surface area contributed by atoms with E-state index in [0.29, 0.717) is 18.8 Å². The van der Waals surface area contributed by atoms with Crippen molar-refractivity contribution < 1.29 is 9.59 Å². The average molecular weight is 267 g/mol. The first kappa shape index (κ1) is 15.0. The SMILES string of the molecule is CCCNC(=O)CCNC(=O)c1nn(CC)cc1N. The van der Waals surface area contributed by atoms with Crippen LogP contribution in [0.25, 0.3) is 0 Å². The van der Waals surface area contributed by atoms with Crippen molar-refractivity contribution in [1.82, 2.24) is 20.4 Å². The number of hydrogen-bond acceptors (Lipinski definition) is 4. The second kappa shape index (κ2) is 7.40. The maximum Gasteiger partial charge on any atom is 0.273 e. The third kappa shape index (κ3) is 4.61. The standard InChI is InChI=1S/C12H21N5O2/c1-3-6-14-10(18)5-7-15-12(19)11-9(13)8-17(4-2)16-11/h8H,3-7,13H2,1-2H3,(H,14,18)(H,15,19). The zero-order chi connectivity index (χ0) is 14.3. The Morgan fingerprint density at radius 1 is 1.32 bits per heavy atom. The summed E-state index contributed by atoms with van der Waals surface area (Å²) in [7, 11) is 0. The molecule has 1 aromatic heterocycles. The molecule has 0 saturated carbocycles. The maximum atomic E-state index is 11.8. The summed E-state index contributed by atoms with van der Waals surface area (Å²) in [4.78, 5) is 23.1. The number of carbonyl (C=O) groups excluding carboxylic acids is 2. The Morgan fingerprint density at radius 2 is 2.05 bits per heavy atom. The fourth-order valence-electron chi connectivity index (χ4n) is 1.50. The minimum absolute atomic E-state index is 0.0748. The van der Waals surface area contributed by atoms with E-state index in [1.165, 1.54) is 0 Å². The number of anilines is 1. The highest BCUT2D eigenvalue weighted by Crippen LogP contribution is 2.08. The van der Waals surface area contributed by atoms with Gasteiger partial charge in [0.1, 0.15) is 0 Å². The molecule has 0 fully saturated rings. The van der Waals surface area contributed by atoms with Crippen LogP contribution in [0.4, 0.5) is 5.69 Å². The third-order valence-electron chi connectivity index (χ3n) is 2.54. The first-order valence-corrected chi connectivity index (χ1v) is 6.46. The molecular formula is C12H21N5O2. The van der Waals surface area contributed by atoms with Crippen LogP contribution in [0, 0.1) is 0 Å². The fraction of sp³-hybridized carbons (Fsp3) is 0.583. The zero-order valence-electron chi connectivity index (χ0n) is 11.4. The summed E-state index contributed by atoms with van der Waals surface area (Å²) in [6.45, 7) is 5.46. The second-order valence-electron chi connectivity index (χ2n) is 4.14. The summed E-state index contributed by atoms with van der Waals surface area (Å²) in [6.07, 6.45) is 2.76. The van der Waals surface area contributed by atoms with Crippen LogP contribution >= 0.6 is 0 Å². The van der Waals surface area contributed by atoms with E-state index in [9.17, 15) is 9.59 Å². The van der Waals surface area contributed by atoms with E-state index in [-0.39, 0.29) is 30.5 Å². The number of aryl methyl sites for hydroxylation is 1. The van der Waals surface area contributed by atoms with Gasteiger partial charge in [0.05, 0.1) is 5.69 Å². The van der Waals surface area contributed by atoms with Gasteiger partial charge < -0.3 is 16.4 Å². The van der Waals surface area contributed by atoms with Crippen LogP contribution in [0.15, 0.2) is 6.20 Å². The Labute approximate surface area is 112 Å². The smallest absolute Gasteiger partial charge is 0.273 e. The molecule has 1 aromatic rings. The number of hydrogen-bond donors (Lipinski definition) is 3. The van der Waals surface area contributed by atoms with Gasteiger partial charge in [-0.25, -0.2) is 0 Å². The molecule has 1 heterocycles. The van der Waals surface area contributed by atoms with Crippen LogP contribution in [-0.2, 0) is 11.3 Å². The van der Waals surface area contributed by atoms with Gasteiger partial charge in [0.25, 0.3) is 5.91 Å². The van der Waals surface area contributed by atoms with E-state index in [1.807, 2.05) is 13.8 Å². The van der Waals surface area contributed by atoms with Crippen molar-refractivity contribution in [3.8, 4) is 0 Å². The Bertz CT molecular complexity index is 441. The van der Waals surface area contributed by atoms with Gasteiger partial charge in [-0.3, -0.25) is 14.3 Å². The lowest BCUT2D eigenvalue weighted by atomic mass is 10.3. The van der Waals surface area contributed by atoms with E-state index in [2.05, 4.69) is 15.7 Å². The molecule has 0 atom stereocenters. The number of nitrogens with one attached hydrogen (secondary N) is 2. The normalized spacial score (nSPS) is 10.2. The quantitative estimate of drug-likeness (QED) is 0.653. The number of nitrogens with two attached hydrogens (primary N) is 1. The lowest BCUT2D eigenvalue weighted by molar-refractivity contribution is -0.120. The Kier molecular flexibility index (Phi) is 5.84. The van der Waals surface area contributed by atoms with E-state index in [0.717, 1.165) is 6.42 Å². The minimum atomic E-state index is -0.354. The monoisotopic (exact) mass is 267 g/mol. The van der Waals surface area contributed by atoms with Crippen LogP contribution in [0.2, 0.25) is 0 Å². The molecule has 0 aromatic carbocycles. The molecule has 0 aliphatic rings. The predicted molar refractivity (Wildman–Crippen MR) is 72.6 cm³/mol. The molecule has 0 aliphatic carbocycles. The largest absolute Gasteiger partial charge is 0.396 e. The highest BCUT2D eigenvalue weighted by Gasteiger charge is 2.14. The number of aromatic nitrogens is 2. The number of amides is 2. The molecule has 0 radical (unpaired) electrons. The van der Waals surface area contributed by atoms with Crippen LogP contribution in [-0.4, -0.2) is 34.7 Å². The van der Waals surface area contributed by atoms with Gasteiger partial charge in [0, 0.05) is 32.3 Å². The first-order valence-electron chi connectivity index (χ1n) is 6.46. The highest BCUT2D eigenvalue weighted by molar-refractivity contribution is 5.97. The fourth-order valence-corrected chi connectivity index (χ4v) is 1.50. The molecule has 0 bridgehead atoms. The molecular weight excluding hydrogens is 246 g/mol. The summed E-state index contributed by atoms with van der Waals surface area (Å²) in [5, 5.41) is 9.42. The molecule has 1 rings (SSSR count). The molecule has 7 nitrogen and oxygen atoms in total. The first-order chi connectivity index (χ1) is 9.08. The number of nitrogens with zero attached hydrogens (tertiary/aromatic N) is 2. The van der Waals surface area contributed by atoms with Gasteiger partial charge in [-0.1, -0.05) is 6.92 Å². The molecule has 0 spiro atoms. The molecule has 106 valence electrons. The molecule has 0 aliphatic heterocycles. The Morgan fingerprint density at radius 3 is 2.63 bits per heavy atom. The lowest BCUT2D eigenvalue weighted by Gasteiger charge is -2.05. The molecule has 7 heteroatoms. The van der Waals surface area contributed by atoms with Gasteiger partial charge in [0.15, 0.2) is 5.69 Å². The summed E-state index contributed by atoms with van der Waals surface area (Å²) < 4.78 is 1.60. The van der Waals surface area contributed by atoms with Gasteiger partial charge >= 0.3 is 0 Å². The van der Waals surface area contributed by atoms with Crippen molar-refractivity contribution in [2.45, 2.75) is 33.2 Å². The van der Waals surface area contributed by atoms with Crippen LogP contribution in [0.1, 0.15) is 37.2 Å². The van der Waals surface area contributed by atoms with Gasteiger partial charge in [-0.05, 0) is 13.3 Å². The summed E-state index contributed by atoms with van der Waals surface area (Å²) >= 11 is 0. The van der Waals surface area contributed by atoms with Crippen LogP contribution in [0.3, 0.4) is 0 Å². The van der Waals surface area contributed by atoms with Gasteiger partial charge in [0.2, 0.25) is 5.91 Å². The van der Waals surface area contributed by atoms with Crippen LogP contribution < -0.4 is 16.4 Å². The van der Waals surface area contributed by atoms with Gasteiger partial charge in [-0.15, -0.1) is 0 Å². The second-order valence-corrected chi connectivity index (χ2v) is 4.14. The molecule has 0 unspecified atom stereocenters. The van der Waals surface area contributed by atoms with Crippen LogP contribution in [0.5, 0.6) is 0 Å². The highest BCUT2D eigenvalue weighted by atomic mass is 16.2. The predicted octanol–water partition coefficient (Wildman–Crippen LogP) is 0.131. The van der Waals surface area contributed by atoms with Crippen molar-refractivity contribution >= 4 is 17.5 Å². The summed E-state index contributed by atoms with van der Waals surface area (Å²) in [5.74, 6) is -0.429. The maximum absolute atomic E-state index is 11.8. The van der Waals surface area contributed by atoms with E-state index < -0.39 is 0 Å². The minimum Gasteiger partial charge on any atom is -0.396 e. The number of rotatable bonds is 7. The summed E-state index contributed by atoms with van der Waals surface area (Å²) in [6, 6.07) is 0. The van der Waals surface area contributed by atoms with E-state index in [4.69, 9.17) is 5.73 Å². The van der Waals surface area contributed by atoms with E-state index >= 15 is 0 Å². The molecule has 4 N–H and O–H groups in total. The number of carbonyl (C=O) groups is 2. The Hall–Kier alpha value is -2.05. The van der Waals surface area contributed by atoms with Gasteiger partial charge in [-0.2, -0.15) is 5.10 Å². The topological polar surface area (TPSA) is 102 Å². The Balaban J connectivity index is 2.38. The van der Waals surface area contributed by atoms with Crippen molar-refractivity contribution in [1.29, 1.82) is 0 Å². The van der Waals surface area contributed by atoms with E-state index in [1.54, 1.807) is 10.9 Å². The van der Waals surface area contributed by atoms with Crippen molar-refractivity contribution in [2.24, 2.45) is 0 Å². The third-order valence-corrected chi connectivity index (χ3v) is 2.54. The summed E-state index contributed by atoms with van der Waals surface area (Å²) in [5.41, 5.74) is 6.24. The zero-order valence-corrected chi connectivity index (χ0v) is 11.4. The molecule has 19 heavy (non-hydrogen) atoms.